The standard InChI is InChI=1S/C33H39ClN4O7S/c1-17(37-32(42)45-33(3,4)5)31(41)44-26-12-22(10-20(26)15-39)38-30-25(14-35-16-36-30)28(40)27-13-23(18(2)46-27)29-24-11-21(34)7-6-19(24)8-9-43-29/h6-7,11,13-14,16-17,20,22,26,29,39H,8-10,12,15H2,1-5H3,(H,37,42)(H,35,36,38)/t17-,20+,22+,26-,29-/m0/s1. The number of esters is 1. The Labute approximate surface area is 277 Å². The third-order valence-corrected chi connectivity index (χ3v) is 9.33. The fraction of sp³-hybridized carbons (Fsp3) is 0.485. The number of nitrogens with one attached hydrogen (secondary N) is 2. The average Bonchev–Trinajstić information content (AvgIpc) is 3.57. The van der Waals surface area contributed by atoms with E-state index in [1.54, 1.807) is 20.8 Å². The van der Waals surface area contributed by atoms with Gasteiger partial charge < -0.3 is 30.0 Å². The van der Waals surface area contributed by atoms with E-state index in [1.165, 1.54) is 36.3 Å². The van der Waals surface area contributed by atoms with Crippen molar-refractivity contribution in [2.75, 3.05) is 18.5 Å². The largest absolute Gasteiger partial charge is 0.460 e. The molecule has 1 fully saturated rings. The Hall–Kier alpha value is -3.58. The summed E-state index contributed by atoms with van der Waals surface area (Å²) in [5.74, 6) is -0.854. The molecule has 2 aliphatic rings. The number of ether oxygens (including phenoxy) is 3. The van der Waals surface area contributed by atoms with Crippen LogP contribution in [0.4, 0.5) is 10.6 Å². The molecule has 0 bridgehead atoms. The molecule has 5 rings (SSSR count). The summed E-state index contributed by atoms with van der Waals surface area (Å²) in [5.41, 5.74) is 2.70. The highest BCUT2D eigenvalue weighted by Gasteiger charge is 2.38. The molecule has 3 aromatic rings. The summed E-state index contributed by atoms with van der Waals surface area (Å²) in [6.45, 7) is 9.03. The Bertz CT molecular complexity index is 1610. The molecule has 5 atom stereocenters. The predicted molar refractivity (Wildman–Crippen MR) is 173 cm³/mol. The number of amides is 1. The lowest BCUT2D eigenvalue weighted by Gasteiger charge is -2.26. The molecular weight excluding hydrogens is 632 g/mol. The summed E-state index contributed by atoms with van der Waals surface area (Å²) in [7, 11) is 0. The van der Waals surface area contributed by atoms with E-state index >= 15 is 0 Å². The van der Waals surface area contributed by atoms with Gasteiger partial charge in [0.05, 0.1) is 17.0 Å². The molecule has 0 saturated heterocycles. The Morgan fingerprint density at radius 1 is 1.20 bits per heavy atom. The monoisotopic (exact) mass is 670 g/mol. The molecule has 1 aliphatic carbocycles. The van der Waals surface area contributed by atoms with E-state index in [0.29, 0.717) is 40.7 Å². The maximum atomic E-state index is 13.8. The van der Waals surface area contributed by atoms with Crippen LogP contribution >= 0.6 is 22.9 Å². The molecule has 1 aliphatic heterocycles. The number of aliphatic hydroxyl groups is 1. The van der Waals surface area contributed by atoms with Crippen LogP contribution in [0.5, 0.6) is 0 Å². The number of thiophene rings is 1. The van der Waals surface area contributed by atoms with Crippen LogP contribution in [-0.2, 0) is 25.4 Å². The maximum absolute atomic E-state index is 13.8. The average molecular weight is 671 g/mol. The van der Waals surface area contributed by atoms with Gasteiger partial charge >= 0.3 is 12.1 Å². The highest BCUT2D eigenvalue weighted by atomic mass is 35.5. The number of rotatable bonds is 9. The summed E-state index contributed by atoms with van der Waals surface area (Å²) in [6, 6.07) is 6.51. The smallest absolute Gasteiger partial charge is 0.408 e. The number of hydrogen-bond donors (Lipinski definition) is 3. The van der Waals surface area contributed by atoms with E-state index < -0.39 is 29.8 Å². The van der Waals surface area contributed by atoms with Gasteiger partial charge in [-0.3, -0.25) is 4.79 Å². The van der Waals surface area contributed by atoms with Gasteiger partial charge in [0.15, 0.2) is 0 Å². The van der Waals surface area contributed by atoms with E-state index in [4.69, 9.17) is 25.8 Å². The van der Waals surface area contributed by atoms with E-state index in [2.05, 4.69) is 20.6 Å². The lowest BCUT2D eigenvalue weighted by Crippen LogP contribution is -2.43. The number of aliphatic hydroxyl groups excluding tert-OH is 1. The number of carbonyl (C=O) groups excluding carboxylic acids is 3. The van der Waals surface area contributed by atoms with Crippen LogP contribution in [0.2, 0.25) is 5.02 Å². The molecule has 0 spiro atoms. The van der Waals surface area contributed by atoms with Gasteiger partial charge in [-0.15, -0.1) is 11.3 Å². The van der Waals surface area contributed by atoms with Crippen molar-refractivity contribution in [2.45, 2.75) is 83.8 Å². The SMILES string of the molecule is Cc1sc(C(=O)c2cncnc2N[C@@H]2C[C@H](CO)[C@@H](OC(=O)[C@H](C)NC(=O)OC(C)(C)C)C2)cc1[C@@H]1OCCc2ccc(Cl)cc21. The molecule has 0 unspecified atom stereocenters. The quantitative estimate of drug-likeness (QED) is 0.200. The fourth-order valence-electron chi connectivity index (χ4n) is 5.81. The second-order valence-corrected chi connectivity index (χ2v) is 14.4. The molecular formula is C33H39ClN4O7S. The van der Waals surface area contributed by atoms with Crippen LogP contribution in [-0.4, -0.2) is 69.9 Å². The summed E-state index contributed by atoms with van der Waals surface area (Å²) >= 11 is 7.70. The first-order valence-electron chi connectivity index (χ1n) is 15.2. The molecule has 3 heterocycles. The number of halogens is 1. The van der Waals surface area contributed by atoms with E-state index in [1.807, 2.05) is 31.2 Å². The van der Waals surface area contributed by atoms with Crippen LogP contribution in [0.15, 0.2) is 36.8 Å². The van der Waals surface area contributed by atoms with Crippen LogP contribution in [0.25, 0.3) is 0 Å². The second-order valence-electron chi connectivity index (χ2n) is 12.7. The molecule has 0 radical (unpaired) electrons. The van der Waals surface area contributed by atoms with Crippen molar-refractivity contribution in [1.29, 1.82) is 0 Å². The topological polar surface area (TPSA) is 149 Å². The Balaban J connectivity index is 1.27. The van der Waals surface area contributed by atoms with E-state index in [0.717, 1.165) is 22.4 Å². The third kappa shape index (κ3) is 7.86. The minimum absolute atomic E-state index is 0.200. The molecule has 246 valence electrons. The summed E-state index contributed by atoms with van der Waals surface area (Å²) < 4.78 is 17.1. The van der Waals surface area contributed by atoms with Gasteiger partial charge in [-0.2, -0.15) is 0 Å². The number of aryl methyl sites for hydroxylation is 1. The summed E-state index contributed by atoms with van der Waals surface area (Å²) in [4.78, 5) is 48.7. The van der Waals surface area contributed by atoms with E-state index in [9.17, 15) is 19.5 Å². The van der Waals surface area contributed by atoms with Gasteiger partial charge in [0.1, 0.15) is 36.0 Å². The fourth-order valence-corrected chi connectivity index (χ4v) is 6.99. The first kappa shape index (κ1) is 33.8. The van der Waals surface area contributed by atoms with Crippen LogP contribution in [0.1, 0.15) is 83.4 Å². The second kappa shape index (κ2) is 14.0. The number of alkyl carbamates (subject to hydrolysis) is 1. The lowest BCUT2D eigenvalue weighted by atomic mass is 9.93. The van der Waals surface area contributed by atoms with Crippen molar-refractivity contribution in [1.82, 2.24) is 15.3 Å². The molecule has 1 amide bonds. The lowest BCUT2D eigenvalue weighted by molar-refractivity contribution is -0.153. The van der Waals surface area contributed by atoms with Gasteiger partial charge in [-0.1, -0.05) is 17.7 Å². The Kier molecular flexibility index (Phi) is 10.3. The van der Waals surface area contributed by atoms with Gasteiger partial charge in [0.2, 0.25) is 5.78 Å². The Morgan fingerprint density at radius 3 is 2.72 bits per heavy atom. The molecule has 1 aromatic carbocycles. The maximum Gasteiger partial charge on any atom is 0.408 e. The molecule has 13 heteroatoms. The van der Waals surface area contributed by atoms with E-state index in [-0.39, 0.29) is 30.5 Å². The first-order valence-corrected chi connectivity index (χ1v) is 16.4. The summed E-state index contributed by atoms with van der Waals surface area (Å²) in [5, 5.41) is 16.5. The highest BCUT2D eigenvalue weighted by Crippen LogP contribution is 2.39. The minimum atomic E-state index is -0.948. The molecule has 46 heavy (non-hydrogen) atoms. The molecule has 3 N–H and O–H groups in total. The minimum Gasteiger partial charge on any atom is -0.460 e. The first-order chi connectivity index (χ1) is 21.8. The number of aromatic nitrogens is 2. The zero-order chi connectivity index (χ0) is 33.2. The number of anilines is 1. The van der Waals surface area contributed by atoms with Crippen molar-refractivity contribution in [3.63, 3.8) is 0 Å². The van der Waals surface area contributed by atoms with Gasteiger partial charge in [0, 0.05) is 41.1 Å². The molecule has 11 nitrogen and oxygen atoms in total. The van der Waals surface area contributed by atoms with Crippen molar-refractivity contribution in [3.8, 4) is 0 Å². The predicted octanol–water partition coefficient (Wildman–Crippen LogP) is 5.40. The number of fused-ring (bicyclic) bond motifs is 1. The van der Waals surface area contributed by atoms with Crippen molar-refractivity contribution < 1.29 is 33.7 Å². The van der Waals surface area contributed by atoms with Crippen LogP contribution in [0, 0.1) is 12.8 Å². The molecule has 1 saturated carbocycles. The van der Waals surface area contributed by atoms with Crippen LogP contribution < -0.4 is 10.6 Å². The normalized spacial score (nSPS) is 21.6. The summed E-state index contributed by atoms with van der Waals surface area (Å²) in [6.07, 6.45) is 2.85. The van der Waals surface area contributed by atoms with Crippen LogP contribution in [0.3, 0.4) is 0 Å². The number of hydrogen-bond acceptors (Lipinski definition) is 11. The van der Waals surface area contributed by atoms with Gasteiger partial charge in [-0.05, 0) is 82.3 Å². The van der Waals surface area contributed by atoms with Gasteiger partial charge in [-0.25, -0.2) is 19.6 Å². The van der Waals surface area contributed by atoms with Gasteiger partial charge in [0.25, 0.3) is 0 Å². The van der Waals surface area contributed by atoms with Crippen molar-refractivity contribution in [2.24, 2.45) is 5.92 Å². The molecule has 2 aromatic heterocycles. The zero-order valence-corrected chi connectivity index (χ0v) is 28.0. The number of benzene rings is 1. The Morgan fingerprint density at radius 2 is 1.98 bits per heavy atom. The number of carbonyl (C=O) groups is 3. The number of nitrogens with zero attached hydrogens (tertiary/aromatic N) is 2. The van der Waals surface area contributed by atoms with Crippen molar-refractivity contribution >= 4 is 46.6 Å². The third-order valence-electron chi connectivity index (χ3n) is 8.03. The van der Waals surface area contributed by atoms with Crippen molar-refractivity contribution in [3.05, 3.63) is 73.8 Å². The highest BCUT2D eigenvalue weighted by molar-refractivity contribution is 7.14. The number of ketones is 1. The zero-order valence-electron chi connectivity index (χ0n) is 26.5.